The molecule has 0 bridgehead atoms. The van der Waals surface area contributed by atoms with Gasteiger partial charge in [-0.15, -0.1) is 0 Å². The second kappa shape index (κ2) is 7.18. The largest absolute Gasteiger partial charge is 0.360 e. The zero-order valence-corrected chi connectivity index (χ0v) is 15.0. The minimum absolute atomic E-state index is 0.0715. The number of amides is 1. The number of anilines is 2. The molecule has 4 nitrogen and oxygen atoms in total. The summed E-state index contributed by atoms with van der Waals surface area (Å²) in [6, 6.07) is 22.0. The van der Waals surface area contributed by atoms with Crippen molar-refractivity contribution >= 4 is 28.1 Å². The summed E-state index contributed by atoms with van der Waals surface area (Å²) in [6.45, 7) is 4.49. The van der Waals surface area contributed by atoms with Crippen LogP contribution in [0.15, 0.2) is 66.7 Å². The lowest BCUT2D eigenvalue weighted by Crippen LogP contribution is -3.12. The van der Waals surface area contributed by atoms with Crippen LogP contribution in [0.25, 0.3) is 10.8 Å². The Hall–Kier alpha value is -2.85. The van der Waals surface area contributed by atoms with E-state index in [2.05, 4.69) is 29.4 Å². The SMILES string of the molecule is C[NH+]1CCN(c2ccc(NC(=O)c3cccc4ccccc34)cc2)CC1. The summed E-state index contributed by atoms with van der Waals surface area (Å²) in [5.74, 6) is -0.0715. The molecular formula is C22H24N3O+. The number of piperazine rings is 1. The van der Waals surface area contributed by atoms with Crippen molar-refractivity contribution in [2.45, 2.75) is 0 Å². The van der Waals surface area contributed by atoms with Gasteiger partial charge < -0.3 is 15.1 Å². The zero-order valence-electron chi connectivity index (χ0n) is 15.0. The number of quaternary nitrogens is 1. The van der Waals surface area contributed by atoms with Crippen LogP contribution in [0.4, 0.5) is 11.4 Å². The standard InChI is InChI=1S/C22H23N3O/c1-24-13-15-25(16-14-24)19-11-9-18(10-12-19)23-22(26)21-8-4-6-17-5-2-3-7-20(17)21/h2-12H,13-16H2,1H3,(H,23,26)/p+1. The molecule has 132 valence electrons. The summed E-state index contributed by atoms with van der Waals surface area (Å²) in [5, 5.41) is 5.08. The molecule has 1 heterocycles. The quantitative estimate of drug-likeness (QED) is 0.764. The van der Waals surface area contributed by atoms with Gasteiger partial charge >= 0.3 is 0 Å². The molecule has 3 aromatic rings. The Labute approximate surface area is 154 Å². The van der Waals surface area contributed by atoms with Crippen molar-refractivity contribution in [3.8, 4) is 0 Å². The molecule has 0 aliphatic carbocycles. The van der Waals surface area contributed by atoms with Crippen LogP contribution < -0.4 is 15.1 Å². The van der Waals surface area contributed by atoms with Gasteiger partial charge in [0.1, 0.15) is 0 Å². The molecule has 4 heteroatoms. The monoisotopic (exact) mass is 346 g/mol. The molecule has 1 amide bonds. The lowest BCUT2D eigenvalue weighted by molar-refractivity contribution is -0.880. The molecule has 0 radical (unpaired) electrons. The Morgan fingerprint density at radius 3 is 2.38 bits per heavy atom. The number of fused-ring (bicyclic) bond motifs is 1. The molecule has 0 aromatic heterocycles. The molecular weight excluding hydrogens is 322 g/mol. The first-order chi connectivity index (χ1) is 12.7. The number of benzene rings is 3. The van der Waals surface area contributed by atoms with Gasteiger partial charge in [0.25, 0.3) is 5.91 Å². The number of rotatable bonds is 3. The zero-order chi connectivity index (χ0) is 17.9. The average molecular weight is 346 g/mol. The number of likely N-dealkylation sites (N-methyl/N-ethyl adjacent to an activating group) is 1. The highest BCUT2D eigenvalue weighted by Crippen LogP contribution is 2.21. The summed E-state index contributed by atoms with van der Waals surface area (Å²) < 4.78 is 0. The van der Waals surface area contributed by atoms with Crippen molar-refractivity contribution in [3.63, 3.8) is 0 Å². The van der Waals surface area contributed by atoms with Gasteiger partial charge in [-0.3, -0.25) is 4.79 Å². The normalized spacial score (nSPS) is 15.2. The second-order valence-corrected chi connectivity index (χ2v) is 6.97. The van der Waals surface area contributed by atoms with Crippen LogP contribution in [-0.4, -0.2) is 39.1 Å². The minimum Gasteiger partial charge on any atom is -0.360 e. The molecule has 1 aliphatic heterocycles. The van der Waals surface area contributed by atoms with E-state index >= 15 is 0 Å². The molecule has 0 saturated carbocycles. The Balaban J connectivity index is 1.49. The van der Waals surface area contributed by atoms with Crippen LogP contribution in [0.1, 0.15) is 10.4 Å². The molecule has 2 N–H and O–H groups in total. The average Bonchev–Trinajstić information content (AvgIpc) is 2.69. The van der Waals surface area contributed by atoms with Crippen molar-refractivity contribution < 1.29 is 9.69 Å². The molecule has 1 saturated heterocycles. The van der Waals surface area contributed by atoms with E-state index in [9.17, 15) is 4.79 Å². The molecule has 26 heavy (non-hydrogen) atoms. The van der Waals surface area contributed by atoms with Crippen LogP contribution in [-0.2, 0) is 0 Å². The van der Waals surface area contributed by atoms with Crippen LogP contribution in [0, 0.1) is 0 Å². The molecule has 0 atom stereocenters. The number of nitrogens with one attached hydrogen (secondary N) is 2. The fraction of sp³-hybridized carbons (Fsp3) is 0.227. The summed E-state index contributed by atoms with van der Waals surface area (Å²) >= 11 is 0. The van der Waals surface area contributed by atoms with Gasteiger partial charge in [-0.25, -0.2) is 0 Å². The highest BCUT2D eigenvalue weighted by Gasteiger charge is 2.17. The van der Waals surface area contributed by atoms with E-state index in [-0.39, 0.29) is 5.91 Å². The van der Waals surface area contributed by atoms with E-state index in [1.165, 1.54) is 18.8 Å². The van der Waals surface area contributed by atoms with Gasteiger partial charge in [-0.1, -0.05) is 36.4 Å². The van der Waals surface area contributed by atoms with Crippen molar-refractivity contribution in [3.05, 3.63) is 72.3 Å². The second-order valence-electron chi connectivity index (χ2n) is 6.97. The van der Waals surface area contributed by atoms with Crippen molar-refractivity contribution in [2.24, 2.45) is 0 Å². The number of carbonyl (C=O) groups is 1. The van der Waals surface area contributed by atoms with Crippen LogP contribution in [0.5, 0.6) is 0 Å². The third-order valence-electron chi connectivity index (χ3n) is 5.14. The maximum Gasteiger partial charge on any atom is 0.256 e. The number of hydrogen-bond acceptors (Lipinski definition) is 2. The first kappa shape index (κ1) is 16.6. The molecule has 1 aliphatic rings. The van der Waals surface area contributed by atoms with E-state index in [1.54, 1.807) is 4.90 Å². The van der Waals surface area contributed by atoms with E-state index in [1.807, 2.05) is 54.6 Å². The van der Waals surface area contributed by atoms with Crippen LogP contribution in [0.2, 0.25) is 0 Å². The van der Waals surface area contributed by atoms with Gasteiger partial charge in [0.05, 0.1) is 33.2 Å². The third kappa shape index (κ3) is 3.41. The van der Waals surface area contributed by atoms with Gasteiger partial charge in [0, 0.05) is 16.9 Å². The highest BCUT2D eigenvalue weighted by molar-refractivity contribution is 6.12. The number of hydrogen-bond donors (Lipinski definition) is 2. The lowest BCUT2D eigenvalue weighted by atomic mass is 10.0. The predicted molar refractivity (Wildman–Crippen MR) is 107 cm³/mol. The molecule has 0 unspecified atom stereocenters. The molecule has 0 spiro atoms. The Bertz CT molecular complexity index is 907. The predicted octanol–water partition coefficient (Wildman–Crippen LogP) is 2.43. The smallest absolute Gasteiger partial charge is 0.256 e. The molecule has 3 aromatic carbocycles. The first-order valence-corrected chi connectivity index (χ1v) is 9.16. The summed E-state index contributed by atoms with van der Waals surface area (Å²) in [5.41, 5.74) is 2.75. The number of nitrogens with zero attached hydrogens (tertiary/aromatic N) is 1. The van der Waals surface area contributed by atoms with Crippen molar-refractivity contribution in [2.75, 3.05) is 43.4 Å². The topological polar surface area (TPSA) is 36.8 Å². The first-order valence-electron chi connectivity index (χ1n) is 9.16. The van der Waals surface area contributed by atoms with E-state index in [4.69, 9.17) is 0 Å². The van der Waals surface area contributed by atoms with Gasteiger partial charge in [0.2, 0.25) is 0 Å². The van der Waals surface area contributed by atoms with Crippen LogP contribution >= 0.6 is 0 Å². The molecule has 1 fully saturated rings. The van der Waals surface area contributed by atoms with E-state index in [0.717, 1.165) is 29.5 Å². The maximum atomic E-state index is 12.7. The van der Waals surface area contributed by atoms with Crippen molar-refractivity contribution in [1.82, 2.24) is 0 Å². The maximum absolute atomic E-state index is 12.7. The van der Waals surface area contributed by atoms with Gasteiger partial charge in [-0.05, 0) is 41.1 Å². The minimum atomic E-state index is -0.0715. The Morgan fingerprint density at radius 2 is 1.62 bits per heavy atom. The van der Waals surface area contributed by atoms with E-state index < -0.39 is 0 Å². The number of carbonyl (C=O) groups excluding carboxylic acids is 1. The Kier molecular flexibility index (Phi) is 4.59. The third-order valence-corrected chi connectivity index (χ3v) is 5.14. The summed E-state index contributed by atoms with van der Waals surface area (Å²) in [6.07, 6.45) is 0. The lowest BCUT2D eigenvalue weighted by Gasteiger charge is -2.31. The van der Waals surface area contributed by atoms with E-state index in [0.29, 0.717) is 5.56 Å². The molecule has 4 rings (SSSR count). The fourth-order valence-electron chi connectivity index (χ4n) is 3.52. The van der Waals surface area contributed by atoms with Crippen LogP contribution in [0.3, 0.4) is 0 Å². The fourth-order valence-corrected chi connectivity index (χ4v) is 3.52. The van der Waals surface area contributed by atoms with Gasteiger partial charge in [-0.2, -0.15) is 0 Å². The highest BCUT2D eigenvalue weighted by atomic mass is 16.1. The summed E-state index contributed by atoms with van der Waals surface area (Å²) in [7, 11) is 2.24. The Morgan fingerprint density at radius 1 is 0.923 bits per heavy atom. The summed E-state index contributed by atoms with van der Waals surface area (Å²) in [4.78, 5) is 16.7. The van der Waals surface area contributed by atoms with Gasteiger partial charge in [0.15, 0.2) is 0 Å². The van der Waals surface area contributed by atoms with Crippen molar-refractivity contribution in [1.29, 1.82) is 0 Å².